The monoisotopic (exact) mass is 415 g/mol. The van der Waals surface area contributed by atoms with Crippen LogP contribution in [0.2, 0.25) is 0 Å². The van der Waals surface area contributed by atoms with Gasteiger partial charge in [-0.2, -0.15) is 0 Å². The second-order valence-corrected chi connectivity index (χ2v) is 7.73. The first kappa shape index (κ1) is 20.0. The van der Waals surface area contributed by atoms with Crippen LogP contribution >= 0.6 is 0 Å². The normalized spacial score (nSPS) is 19.9. The summed E-state index contributed by atoms with van der Waals surface area (Å²) in [6, 6.07) is 6.18. The van der Waals surface area contributed by atoms with Crippen molar-refractivity contribution < 1.29 is 23.9 Å². The maximum absolute atomic E-state index is 12.6. The first-order valence-electron chi connectivity index (χ1n) is 10.2. The summed E-state index contributed by atoms with van der Waals surface area (Å²) in [4.78, 5) is 51.3. The zero-order valence-corrected chi connectivity index (χ0v) is 16.6. The van der Waals surface area contributed by atoms with Gasteiger partial charge in [0.05, 0.1) is 6.54 Å². The average molecular weight is 415 g/mol. The van der Waals surface area contributed by atoms with E-state index in [1.807, 2.05) is 0 Å². The van der Waals surface area contributed by atoms with E-state index in [-0.39, 0.29) is 18.5 Å². The Kier molecular flexibility index (Phi) is 5.47. The second kappa shape index (κ2) is 8.21. The van der Waals surface area contributed by atoms with Gasteiger partial charge in [0.25, 0.3) is 5.91 Å². The third-order valence-electron chi connectivity index (χ3n) is 5.72. The van der Waals surface area contributed by atoms with Crippen molar-refractivity contribution in [3.8, 4) is 0 Å². The summed E-state index contributed by atoms with van der Waals surface area (Å²) in [6.07, 6.45) is 3.34. The average Bonchev–Trinajstić information content (AvgIpc) is 3.42. The molecule has 6 amide bonds. The second-order valence-electron chi connectivity index (χ2n) is 7.73. The number of anilines is 2. The minimum absolute atomic E-state index is 0.147. The fourth-order valence-electron chi connectivity index (χ4n) is 4.19. The molecule has 1 spiro atoms. The van der Waals surface area contributed by atoms with Gasteiger partial charge in [-0.25, -0.2) is 14.4 Å². The van der Waals surface area contributed by atoms with Gasteiger partial charge in [0.1, 0.15) is 12.1 Å². The molecule has 3 fully saturated rings. The third-order valence-corrected chi connectivity index (χ3v) is 5.72. The molecular weight excluding hydrogens is 390 g/mol. The summed E-state index contributed by atoms with van der Waals surface area (Å²) in [5.41, 5.74) is 0.492. The molecule has 2 saturated heterocycles. The van der Waals surface area contributed by atoms with Gasteiger partial charge in [0.2, 0.25) is 0 Å². The van der Waals surface area contributed by atoms with Gasteiger partial charge >= 0.3 is 18.2 Å². The van der Waals surface area contributed by atoms with Crippen molar-refractivity contribution in [1.29, 1.82) is 0 Å². The molecule has 4 rings (SSSR count). The van der Waals surface area contributed by atoms with Crippen molar-refractivity contribution in [2.24, 2.45) is 0 Å². The van der Waals surface area contributed by atoms with Crippen LogP contribution in [0.15, 0.2) is 24.3 Å². The Balaban J connectivity index is 1.23. The summed E-state index contributed by atoms with van der Waals surface area (Å²) in [5.74, 6) is -0.147. The van der Waals surface area contributed by atoms with E-state index in [1.165, 1.54) is 9.80 Å². The van der Waals surface area contributed by atoms with Crippen molar-refractivity contribution in [3.63, 3.8) is 0 Å². The van der Waals surface area contributed by atoms with Crippen LogP contribution < -0.4 is 20.9 Å². The van der Waals surface area contributed by atoms with Crippen LogP contribution in [0, 0.1) is 0 Å². The number of nitrogens with zero attached hydrogens (tertiary/aromatic N) is 2. The van der Waals surface area contributed by atoms with E-state index in [9.17, 15) is 19.2 Å². The Morgan fingerprint density at radius 2 is 2.00 bits per heavy atom. The number of hydrogen-bond acceptors (Lipinski definition) is 5. The zero-order chi connectivity index (χ0) is 21.1. The highest BCUT2D eigenvalue weighted by Crippen LogP contribution is 2.35. The van der Waals surface area contributed by atoms with E-state index in [1.54, 1.807) is 24.3 Å². The minimum atomic E-state index is -0.700. The molecule has 1 aliphatic carbocycles. The number of cyclic esters (lactones) is 1. The van der Waals surface area contributed by atoms with Gasteiger partial charge in [-0.15, -0.1) is 0 Å². The van der Waals surface area contributed by atoms with E-state index in [0.717, 1.165) is 12.8 Å². The molecule has 1 saturated carbocycles. The molecule has 3 aliphatic rings. The summed E-state index contributed by atoms with van der Waals surface area (Å²) in [5, 5.41) is 8.28. The van der Waals surface area contributed by atoms with Gasteiger partial charge in [0.15, 0.2) is 0 Å². The fraction of sp³-hybridized carbons (Fsp3) is 0.500. The maximum Gasteiger partial charge on any atom is 0.414 e. The number of carbonyl (C=O) groups is 4. The maximum atomic E-state index is 12.6. The van der Waals surface area contributed by atoms with Crippen LogP contribution in [0.4, 0.5) is 25.8 Å². The molecule has 2 heterocycles. The highest BCUT2D eigenvalue weighted by molar-refractivity contribution is 6.07. The van der Waals surface area contributed by atoms with Crippen molar-refractivity contribution in [1.82, 2.24) is 15.5 Å². The lowest BCUT2D eigenvalue weighted by molar-refractivity contribution is -0.131. The quantitative estimate of drug-likeness (QED) is 0.485. The summed E-state index contributed by atoms with van der Waals surface area (Å²) >= 11 is 0. The Labute approximate surface area is 173 Å². The molecule has 2 aliphatic heterocycles. The Morgan fingerprint density at radius 1 is 1.20 bits per heavy atom. The van der Waals surface area contributed by atoms with Crippen LogP contribution in [0.1, 0.15) is 32.1 Å². The van der Waals surface area contributed by atoms with E-state index in [2.05, 4.69) is 16.0 Å². The van der Waals surface area contributed by atoms with Gasteiger partial charge < -0.3 is 20.7 Å². The third kappa shape index (κ3) is 3.89. The lowest BCUT2D eigenvalue weighted by atomic mass is 9.98. The lowest BCUT2D eigenvalue weighted by Crippen LogP contribution is -2.44. The Hall–Kier alpha value is -3.30. The van der Waals surface area contributed by atoms with Gasteiger partial charge in [-0.05, 0) is 37.5 Å². The topological polar surface area (TPSA) is 120 Å². The highest BCUT2D eigenvalue weighted by atomic mass is 16.6. The van der Waals surface area contributed by atoms with Crippen LogP contribution in [0.5, 0.6) is 0 Å². The SMILES string of the molecule is O=C(NCCCN1C(=O)NC2(CCCC2)C1=O)Nc1cccc(N2CCOC2=O)c1. The summed E-state index contributed by atoms with van der Waals surface area (Å²) in [6.45, 7) is 1.39. The summed E-state index contributed by atoms with van der Waals surface area (Å²) < 4.78 is 4.93. The molecule has 0 atom stereocenters. The van der Waals surface area contributed by atoms with Crippen LogP contribution in [0.3, 0.4) is 0 Å². The molecule has 3 N–H and O–H groups in total. The fourth-order valence-corrected chi connectivity index (χ4v) is 4.19. The zero-order valence-electron chi connectivity index (χ0n) is 16.6. The Bertz CT molecular complexity index is 867. The van der Waals surface area contributed by atoms with E-state index in [4.69, 9.17) is 4.74 Å². The molecule has 1 aromatic carbocycles. The lowest BCUT2D eigenvalue weighted by Gasteiger charge is -2.20. The minimum Gasteiger partial charge on any atom is -0.447 e. The van der Waals surface area contributed by atoms with Crippen LogP contribution in [-0.4, -0.2) is 60.7 Å². The molecule has 0 unspecified atom stereocenters. The highest BCUT2D eigenvalue weighted by Gasteiger charge is 2.51. The predicted octanol–water partition coefficient (Wildman–Crippen LogP) is 2.02. The number of urea groups is 2. The number of ether oxygens (including phenoxy) is 1. The van der Waals surface area contributed by atoms with Gasteiger partial charge in [-0.1, -0.05) is 18.9 Å². The molecule has 160 valence electrons. The molecule has 0 radical (unpaired) electrons. The predicted molar refractivity (Wildman–Crippen MR) is 108 cm³/mol. The molecule has 10 heteroatoms. The standard InChI is InChI=1S/C20H25N5O5/c26-16-20(7-1-2-8-20)23-18(28)25(16)10-4-9-21-17(27)22-14-5-3-6-15(13-14)24-11-12-30-19(24)29/h3,5-6,13H,1-2,4,7-12H2,(H,23,28)(H2,21,22,27). The number of amides is 6. The van der Waals surface area contributed by atoms with Crippen LogP contribution in [0.25, 0.3) is 0 Å². The van der Waals surface area contributed by atoms with E-state index >= 15 is 0 Å². The molecular formula is C20H25N5O5. The summed E-state index contributed by atoms with van der Waals surface area (Å²) in [7, 11) is 0. The molecule has 10 nitrogen and oxygen atoms in total. The van der Waals surface area contributed by atoms with Crippen molar-refractivity contribution in [2.75, 3.05) is 36.5 Å². The number of rotatable bonds is 6. The van der Waals surface area contributed by atoms with Crippen molar-refractivity contribution in [3.05, 3.63) is 24.3 Å². The number of benzene rings is 1. The van der Waals surface area contributed by atoms with Crippen molar-refractivity contribution >= 4 is 35.4 Å². The largest absolute Gasteiger partial charge is 0.447 e. The van der Waals surface area contributed by atoms with Crippen molar-refractivity contribution in [2.45, 2.75) is 37.6 Å². The van der Waals surface area contributed by atoms with Gasteiger partial charge in [-0.3, -0.25) is 14.6 Å². The number of hydrogen-bond donors (Lipinski definition) is 3. The molecule has 1 aromatic rings. The first-order chi connectivity index (χ1) is 14.5. The molecule has 0 bridgehead atoms. The number of nitrogens with one attached hydrogen (secondary N) is 3. The number of carbonyl (C=O) groups excluding carboxylic acids is 4. The van der Waals surface area contributed by atoms with Crippen LogP contribution in [-0.2, 0) is 9.53 Å². The van der Waals surface area contributed by atoms with Gasteiger partial charge in [0, 0.05) is 24.5 Å². The number of imide groups is 1. The van der Waals surface area contributed by atoms with E-state index < -0.39 is 17.7 Å². The molecule has 0 aromatic heterocycles. The smallest absolute Gasteiger partial charge is 0.414 e. The van der Waals surface area contributed by atoms with E-state index in [0.29, 0.717) is 50.3 Å². The Morgan fingerprint density at radius 3 is 2.73 bits per heavy atom. The molecule has 30 heavy (non-hydrogen) atoms. The first-order valence-corrected chi connectivity index (χ1v) is 10.2.